The Morgan fingerprint density at radius 2 is 1.00 bits per heavy atom. The van der Waals surface area contributed by atoms with Gasteiger partial charge in [0.15, 0.2) is 34.9 Å². The smallest absolute Gasteiger partial charge is 0.252 e. The number of nitrogens with zero attached hydrogens (tertiary/aromatic N) is 1. The zero-order chi connectivity index (χ0) is 18.3. The van der Waals surface area contributed by atoms with Gasteiger partial charge in [0, 0.05) is 5.56 Å². The molecule has 24 heavy (non-hydrogen) atoms. The summed E-state index contributed by atoms with van der Waals surface area (Å²) in [5, 5.41) is 11.6. The second-order valence-corrected chi connectivity index (χ2v) is 4.19. The van der Waals surface area contributed by atoms with E-state index in [9.17, 15) is 44.6 Å². The Kier molecular flexibility index (Phi) is 4.45. The van der Waals surface area contributed by atoms with Crippen molar-refractivity contribution >= 4 is 11.8 Å². The molecule has 1 aromatic heterocycles. The lowest BCUT2D eigenvalue weighted by molar-refractivity contribution is -0.243. The molecular weight excluding hydrogens is 357 g/mol. The molecule has 0 atom stereocenters. The van der Waals surface area contributed by atoms with E-state index in [2.05, 4.69) is 4.98 Å². The topological polar surface area (TPSA) is 36.0 Å². The SMILES string of the molecule is [O-]/C(=C\c1c(F)c(F)nc(F)c1F)c1c(F)c(F)c(F)c(F)c1F. The normalized spacial score (nSPS) is 12.0. The van der Waals surface area contributed by atoms with Crippen LogP contribution in [-0.4, -0.2) is 4.98 Å². The fourth-order valence-electron chi connectivity index (χ4n) is 1.65. The third-order valence-electron chi connectivity index (χ3n) is 2.76. The molecule has 0 aliphatic rings. The molecule has 0 aliphatic carbocycles. The molecule has 0 fully saturated rings. The maximum atomic E-state index is 13.4. The van der Waals surface area contributed by atoms with Gasteiger partial charge in [-0.1, -0.05) is 11.8 Å². The van der Waals surface area contributed by atoms with Crippen molar-refractivity contribution < 1.29 is 44.6 Å². The highest BCUT2D eigenvalue weighted by atomic mass is 19.2. The second-order valence-electron chi connectivity index (χ2n) is 4.19. The first-order valence-electron chi connectivity index (χ1n) is 5.68. The fraction of sp³-hybridized carbons (Fsp3) is 0. The van der Waals surface area contributed by atoms with Gasteiger partial charge in [-0.15, -0.1) is 0 Å². The molecule has 0 saturated heterocycles. The van der Waals surface area contributed by atoms with Crippen LogP contribution >= 0.6 is 0 Å². The van der Waals surface area contributed by atoms with Crippen LogP contribution in [0.1, 0.15) is 11.1 Å². The van der Waals surface area contributed by atoms with Crippen molar-refractivity contribution in [3.05, 3.63) is 63.7 Å². The van der Waals surface area contributed by atoms with E-state index in [4.69, 9.17) is 0 Å². The Labute approximate surface area is 126 Å². The first-order chi connectivity index (χ1) is 11.1. The zero-order valence-corrected chi connectivity index (χ0v) is 10.8. The summed E-state index contributed by atoms with van der Waals surface area (Å²) in [5.74, 6) is -23.6. The number of halogens is 9. The molecule has 0 amide bonds. The highest BCUT2D eigenvalue weighted by Gasteiger charge is 2.26. The van der Waals surface area contributed by atoms with Crippen LogP contribution in [-0.2, 0) is 0 Å². The minimum Gasteiger partial charge on any atom is -0.872 e. The molecule has 0 spiro atoms. The van der Waals surface area contributed by atoms with Crippen LogP contribution in [0.2, 0.25) is 0 Å². The van der Waals surface area contributed by atoms with Crippen LogP contribution in [0.4, 0.5) is 39.5 Å². The molecule has 1 heterocycles. The average molecular weight is 358 g/mol. The number of hydrogen-bond donors (Lipinski definition) is 0. The molecule has 1 aromatic carbocycles. The lowest BCUT2D eigenvalue weighted by atomic mass is 10.1. The van der Waals surface area contributed by atoms with Crippen molar-refractivity contribution in [3.63, 3.8) is 0 Å². The third kappa shape index (κ3) is 2.65. The zero-order valence-electron chi connectivity index (χ0n) is 10.8. The molecule has 0 unspecified atom stereocenters. The van der Waals surface area contributed by atoms with E-state index in [0.717, 1.165) is 0 Å². The molecule has 0 saturated carbocycles. The average Bonchev–Trinajstić information content (AvgIpc) is 2.53. The second kappa shape index (κ2) is 6.06. The van der Waals surface area contributed by atoms with Crippen LogP contribution in [0, 0.1) is 52.6 Å². The van der Waals surface area contributed by atoms with Crippen LogP contribution in [0.15, 0.2) is 0 Å². The summed E-state index contributed by atoms with van der Waals surface area (Å²) >= 11 is 0. The first kappa shape index (κ1) is 17.6. The highest BCUT2D eigenvalue weighted by Crippen LogP contribution is 2.28. The van der Waals surface area contributed by atoms with Crippen molar-refractivity contribution in [2.75, 3.05) is 0 Å². The molecule has 128 valence electrons. The van der Waals surface area contributed by atoms with Gasteiger partial charge in [-0.25, -0.2) is 30.7 Å². The minimum absolute atomic E-state index is 0.364. The van der Waals surface area contributed by atoms with Crippen molar-refractivity contribution in [1.29, 1.82) is 0 Å². The van der Waals surface area contributed by atoms with Crippen LogP contribution in [0.3, 0.4) is 0 Å². The van der Waals surface area contributed by atoms with Crippen LogP contribution in [0.5, 0.6) is 0 Å². The van der Waals surface area contributed by atoms with Crippen molar-refractivity contribution in [2.45, 2.75) is 0 Å². The molecule has 0 aliphatic heterocycles. The van der Waals surface area contributed by atoms with E-state index in [1.54, 1.807) is 0 Å². The maximum Gasteiger partial charge on any atom is 0.252 e. The van der Waals surface area contributed by atoms with Gasteiger partial charge in [0.25, 0.3) is 11.9 Å². The largest absolute Gasteiger partial charge is 0.872 e. The van der Waals surface area contributed by atoms with E-state index >= 15 is 0 Å². The van der Waals surface area contributed by atoms with Gasteiger partial charge in [0.2, 0.25) is 5.82 Å². The summed E-state index contributed by atoms with van der Waals surface area (Å²) in [6, 6.07) is 0. The predicted octanol–water partition coefficient (Wildman–Crippen LogP) is 3.19. The summed E-state index contributed by atoms with van der Waals surface area (Å²) in [7, 11) is 0. The molecule has 11 heteroatoms. The maximum absolute atomic E-state index is 13.4. The first-order valence-corrected chi connectivity index (χ1v) is 5.68. The molecule has 0 radical (unpaired) electrons. The van der Waals surface area contributed by atoms with Gasteiger partial charge in [-0.05, 0) is 0 Å². The Hall–Kier alpha value is -2.72. The van der Waals surface area contributed by atoms with Gasteiger partial charge in [0.1, 0.15) is 0 Å². The van der Waals surface area contributed by atoms with Gasteiger partial charge >= 0.3 is 0 Å². The summed E-state index contributed by atoms with van der Waals surface area (Å²) < 4.78 is 118. The molecular formula is C13HF9NO-. The fourth-order valence-corrected chi connectivity index (χ4v) is 1.65. The summed E-state index contributed by atoms with van der Waals surface area (Å²) in [4.78, 5) is 2.16. The number of rotatable bonds is 2. The lowest BCUT2D eigenvalue weighted by Crippen LogP contribution is -2.13. The number of hydrogen-bond acceptors (Lipinski definition) is 2. The quantitative estimate of drug-likeness (QED) is 0.272. The van der Waals surface area contributed by atoms with E-state index in [1.807, 2.05) is 0 Å². The lowest BCUT2D eigenvalue weighted by Gasteiger charge is -2.16. The summed E-state index contributed by atoms with van der Waals surface area (Å²) in [6.07, 6.45) is -0.364. The van der Waals surface area contributed by atoms with E-state index < -0.39 is 69.5 Å². The van der Waals surface area contributed by atoms with Crippen molar-refractivity contribution in [1.82, 2.24) is 4.98 Å². The van der Waals surface area contributed by atoms with E-state index in [0.29, 0.717) is 0 Å². The van der Waals surface area contributed by atoms with Gasteiger partial charge in [0.05, 0.1) is 5.56 Å². The van der Waals surface area contributed by atoms with Crippen LogP contribution < -0.4 is 5.11 Å². The molecule has 2 aromatic rings. The minimum atomic E-state index is -2.57. The molecule has 0 bridgehead atoms. The molecule has 0 N–H and O–H groups in total. The Bertz CT molecular complexity index is 823. The number of pyridine rings is 1. The predicted molar refractivity (Wildman–Crippen MR) is 58.2 cm³/mol. The van der Waals surface area contributed by atoms with Crippen molar-refractivity contribution in [3.8, 4) is 0 Å². The monoisotopic (exact) mass is 358 g/mol. The molecule has 2 rings (SSSR count). The van der Waals surface area contributed by atoms with Crippen LogP contribution in [0.25, 0.3) is 11.8 Å². The Morgan fingerprint density at radius 3 is 1.42 bits per heavy atom. The van der Waals surface area contributed by atoms with Gasteiger partial charge in [-0.2, -0.15) is 13.8 Å². The summed E-state index contributed by atoms with van der Waals surface area (Å²) in [6.45, 7) is 0. The highest BCUT2D eigenvalue weighted by molar-refractivity contribution is 5.76. The van der Waals surface area contributed by atoms with E-state index in [-0.39, 0.29) is 6.08 Å². The number of benzene rings is 1. The Balaban J connectivity index is 2.76. The third-order valence-corrected chi connectivity index (χ3v) is 2.76. The van der Waals surface area contributed by atoms with Gasteiger partial charge in [-0.3, -0.25) is 0 Å². The number of aromatic nitrogens is 1. The standard InChI is InChI=1S/C13H2F9NO/c14-5-2(6(15)13(22)23-12(5)21)1-3(24)4-7(16)9(18)11(20)10(19)8(4)17/h1,24H/p-1/b3-1-. The summed E-state index contributed by atoms with van der Waals surface area (Å²) in [5.41, 5.74) is -3.79. The molecule has 2 nitrogen and oxygen atoms in total. The Morgan fingerprint density at radius 1 is 0.625 bits per heavy atom. The van der Waals surface area contributed by atoms with E-state index in [1.165, 1.54) is 0 Å². The van der Waals surface area contributed by atoms with Crippen molar-refractivity contribution in [2.24, 2.45) is 0 Å². The van der Waals surface area contributed by atoms with Gasteiger partial charge < -0.3 is 5.11 Å².